The van der Waals surface area contributed by atoms with Gasteiger partial charge in [-0.2, -0.15) is 0 Å². The van der Waals surface area contributed by atoms with Crippen LogP contribution in [0.2, 0.25) is 0 Å². The van der Waals surface area contributed by atoms with Gasteiger partial charge in [0.2, 0.25) is 0 Å². The Labute approximate surface area is 94.1 Å². The Morgan fingerprint density at radius 3 is 2.88 bits per heavy atom. The number of carbonyl (C=O) groups excluding carboxylic acids is 1. The molecule has 0 spiro atoms. The molecule has 0 fully saturated rings. The second-order valence-electron chi connectivity index (χ2n) is 3.79. The number of amides is 1. The molecule has 0 radical (unpaired) electrons. The Bertz CT molecular complexity index is 516. The molecule has 0 aliphatic heterocycles. The highest BCUT2D eigenvalue weighted by Crippen LogP contribution is 2.16. The van der Waals surface area contributed by atoms with Gasteiger partial charge in [-0.1, -0.05) is 25.5 Å². The first kappa shape index (κ1) is 10.7. The first-order valence-electron chi connectivity index (χ1n) is 5.49. The molecule has 16 heavy (non-hydrogen) atoms. The van der Waals surface area contributed by atoms with Crippen LogP contribution in [0.3, 0.4) is 0 Å². The van der Waals surface area contributed by atoms with Crippen molar-refractivity contribution in [1.82, 2.24) is 9.55 Å². The van der Waals surface area contributed by atoms with Crippen molar-refractivity contribution < 1.29 is 4.79 Å². The number of hydrogen-bond acceptors (Lipinski definition) is 2. The van der Waals surface area contributed by atoms with Crippen LogP contribution in [0.4, 0.5) is 0 Å². The van der Waals surface area contributed by atoms with Crippen LogP contribution in [0.1, 0.15) is 30.4 Å². The fourth-order valence-corrected chi connectivity index (χ4v) is 1.81. The number of hydrogen-bond donors (Lipinski definition) is 1. The number of carbonyl (C=O) groups is 1. The molecule has 1 heterocycles. The molecule has 2 rings (SSSR count). The van der Waals surface area contributed by atoms with E-state index < -0.39 is 5.91 Å². The highest BCUT2D eigenvalue weighted by Gasteiger charge is 2.13. The minimum atomic E-state index is -0.465. The minimum absolute atomic E-state index is 0.356. The lowest BCUT2D eigenvalue weighted by Gasteiger charge is -2.05. The summed E-state index contributed by atoms with van der Waals surface area (Å²) in [4.78, 5) is 15.5. The minimum Gasteiger partial charge on any atom is -0.363 e. The number of aryl methyl sites for hydroxylation is 1. The molecule has 0 atom stereocenters. The van der Waals surface area contributed by atoms with Gasteiger partial charge in [0.25, 0.3) is 5.91 Å². The average molecular weight is 217 g/mol. The molecule has 1 aromatic carbocycles. The summed E-state index contributed by atoms with van der Waals surface area (Å²) < 4.78 is 1.90. The molecule has 0 unspecified atom stereocenters. The average Bonchev–Trinajstić information content (AvgIpc) is 2.65. The smallest absolute Gasteiger partial charge is 0.284 e. The van der Waals surface area contributed by atoms with Crippen molar-refractivity contribution in [1.29, 1.82) is 0 Å². The molecule has 4 nitrogen and oxygen atoms in total. The van der Waals surface area contributed by atoms with Gasteiger partial charge < -0.3 is 10.3 Å². The third-order valence-electron chi connectivity index (χ3n) is 2.61. The topological polar surface area (TPSA) is 60.9 Å². The van der Waals surface area contributed by atoms with E-state index in [4.69, 9.17) is 5.73 Å². The third-order valence-corrected chi connectivity index (χ3v) is 2.61. The van der Waals surface area contributed by atoms with Crippen molar-refractivity contribution in [2.45, 2.75) is 26.3 Å². The molecule has 4 heteroatoms. The number of primary amides is 1. The number of nitrogens with two attached hydrogens (primary N) is 1. The Balaban J connectivity index is 2.55. The van der Waals surface area contributed by atoms with Crippen molar-refractivity contribution in [3.05, 3.63) is 30.1 Å². The summed E-state index contributed by atoms with van der Waals surface area (Å²) in [5.74, 6) is -0.109. The second kappa shape index (κ2) is 4.35. The van der Waals surface area contributed by atoms with Crippen LogP contribution in [0.5, 0.6) is 0 Å². The molecular weight excluding hydrogens is 202 g/mol. The lowest BCUT2D eigenvalue weighted by Crippen LogP contribution is -2.18. The first-order valence-corrected chi connectivity index (χ1v) is 5.49. The zero-order chi connectivity index (χ0) is 11.5. The van der Waals surface area contributed by atoms with Crippen LogP contribution in [0, 0.1) is 0 Å². The predicted octanol–water partition coefficient (Wildman–Crippen LogP) is 1.94. The van der Waals surface area contributed by atoms with Crippen LogP contribution >= 0.6 is 0 Å². The van der Waals surface area contributed by atoms with Gasteiger partial charge in [-0.15, -0.1) is 0 Å². The number of unbranched alkanes of at least 4 members (excludes halogenated alkanes) is 1. The Morgan fingerprint density at radius 2 is 2.19 bits per heavy atom. The van der Waals surface area contributed by atoms with E-state index in [2.05, 4.69) is 11.9 Å². The summed E-state index contributed by atoms with van der Waals surface area (Å²) in [5, 5.41) is 0. The van der Waals surface area contributed by atoms with Crippen LogP contribution in [0.15, 0.2) is 24.3 Å². The van der Waals surface area contributed by atoms with Gasteiger partial charge >= 0.3 is 0 Å². The van der Waals surface area contributed by atoms with Crippen LogP contribution in [-0.4, -0.2) is 15.5 Å². The summed E-state index contributed by atoms with van der Waals surface area (Å²) in [6.45, 7) is 2.90. The normalized spacial score (nSPS) is 10.8. The number of nitrogens with zero attached hydrogens (tertiary/aromatic N) is 2. The summed E-state index contributed by atoms with van der Waals surface area (Å²) in [7, 11) is 0. The van der Waals surface area contributed by atoms with Gasteiger partial charge in [0.1, 0.15) is 0 Å². The van der Waals surface area contributed by atoms with E-state index in [9.17, 15) is 4.79 Å². The van der Waals surface area contributed by atoms with Crippen molar-refractivity contribution >= 4 is 16.9 Å². The molecule has 0 aliphatic carbocycles. The largest absolute Gasteiger partial charge is 0.363 e. The summed E-state index contributed by atoms with van der Waals surface area (Å²) in [5.41, 5.74) is 7.13. The highest BCUT2D eigenvalue weighted by atomic mass is 16.1. The van der Waals surface area contributed by atoms with E-state index in [0.29, 0.717) is 5.82 Å². The quantitative estimate of drug-likeness (QED) is 0.850. The maximum absolute atomic E-state index is 11.3. The van der Waals surface area contributed by atoms with Gasteiger partial charge in [-0.25, -0.2) is 4.98 Å². The molecule has 0 aliphatic rings. The molecule has 0 saturated carbocycles. The highest BCUT2D eigenvalue weighted by molar-refractivity contribution is 5.93. The van der Waals surface area contributed by atoms with Crippen molar-refractivity contribution in [2.75, 3.05) is 0 Å². The van der Waals surface area contributed by atoms with E-state index in [1.165, 1.54) is 0 Å². The van der Waals surface area contributed by atoms with E-state index >= 15 is 0 Å². The lowest BCUT2D eigenvalue weighted by atomic mass is 10.3. The molecule has 1 aromatic heterocycles. The molecule has 2 N–H and O–H groups in total. The molecule has 0 saturated heterocycles. The summed E-state index contributed by atoms with van der Waals surface area (Å²) in [6.07, 6.45) is 2.09. The Morgan fingerprint density at radius 1 is 1.44 bits per heavy atom. The monoisotopic (exact) mass is 217 g/mol. The molecule has 84 valence electrons. The van der Waals surface area contributed by atoms with Gasteiger partial charge in [-0.3, -0.25) is 4.79 Å². The standard InChI is InChI=1S/C12H15N3O/c1-2-3-8-15-10-7-5-4-6-9(10)14-12(15)11(13)16/h4-7H,2-3,8H2,1H3,(H2,13,16). The van der Waals surface area contributed by atoms with E-state index in [-0.39, 0.29) is 0 Å². The number of aromatic nitrogens is 2. The van der Waals surface area contributed by atoms with Crippen LogP contribution < -0.4 is 5.73 Å². The van der Waals surface area contributed by atoms with Gasteiger partial charge in [-0.05, 0) is 18.6 Å². The number of benzene rings is 1. The van der Waals surface area contributed by atoms with Crippen molar-refractivity contribution in [3.63, 3.8) is 0 Å². The molecule has 0 bridgehead atoms. The molecular formula is C12H15N3O. The van der Waals surface area contributed by atoms with Crippen LogP contribution in [-0.2, 0) is 6.54 Å². The fraction of sp³-hybridized carbons (Fsp3) is 0.333. The molecule has 1 amide bonds. The fourth-order valence-electron chi connectivity index (χ4n) is 1.81. The maximum atomic E-state index is 11.3. The van der Waals surface area contributed by atoms with Crippen molar-refractivity contribution in [2.24, 2.45) is 5.73 Å². The summed E-state index contributed by atoms with van der Waals surface area (Å²) in [6, 6.07) is 7.70. The van der Waals surface area contributed by atoms with Gasteiger partial charge in [0.05, 0.1) is 11.0 Å². The van der Waals surface area contributed by atoms with E-state index in [1.807, 2.05) is 28.8 Å². The molecule has 2 aromatic rings. The number of fused-ring (bicyclic) bond motifs is 1. The number of para-hydroxylation sites is 2. The third kappa shape index (κ3) is 1.78. The number of rotatable bonds is 4. The summed E-state index contributed by atoms with van der Waals surface area (Å²) >= 11 is 0. The lowest BCUT2D eigenvalue weighted by molar-refractivity contribution is 0.0986. The van der Waals surface area contributed by atoms with Gasteiger partial charge in [0.15, 0.2) is 5.82 Å². The zero-order valence-electron chi connectivity index (χ0n) is 9.31. The number of imidazole rings is 1. The van der Waals surface area contributed by atoms with E-state index in [0.717, 1.165) is 30.4 Å². The zero-order valence-corrected chi connectivity index (χ0v) is 9.31. The Kier molecular flexibility index (Phi) is 2.90. The van der Waals surface area contributed by atoms with Gasteiger partial charge in [0, 0.05) is 6.54 Å². The first-order chi connectivity index (χ1) is 7.74. The van der Waals surface area contributed by atoms with Crippen molar-refractivity contribution in [3.8, 4) is 0 Å². The second-order valence-corrected chi connectivity index (χ2v) is 3.79. The SMILES string of the molecule is CCCCn1c(C(N)=O)nc2ccccc21. The predicted molar refractivity (Wildman–Crippen MR) is 63.2 cm³/mol. The van der Waals surface area contributed by atoms with E-state index in [1.54, 1.807) is 0 Å². The van der Waals surface area contributed by atoms with Crippen LogP contribution in [0.25, 0.3) is 11.0 Å². The maximum Gasteiger partial charge on any atom is 0.284 e. The Hall–Kier alpha value is -1.84.